The van der Waals surface area contributed by atoms with Gasteiger partial charge >= 0.3 is 5.97 Å². The van der Waals surface area contributed by atoms with Crippen LogP contribution in [0.1, 0.15) is 26.2 Å². The van der Waals surface area contributed by atoms with Crippen molar-refractivity contribution in [1.82, 2.24) is 4.90 Å². The van der Waals surface area contributed by atoms with Gasteiger partial charge < -0.3 is 4.74 Å². The second-order valence-corrected chi connectivity index (χ2v) is 6.21. The van der Waals surface area contributed by atoms with E-state index in [1.165, 1.54) is 0 Å². The van der Waals surface area contributed by atoms with Crippen molar-refractivity contribution in [2.45, 2.75) is 31.7 Å². The third-order valence-corrected chi connectivity index (χ3v) is 5.02. The molecule has 22 heavy (non-hydrogen) atoms. The van der Waals surface area contributed by atoms with Crippen LogP contribution in [-0.2, 0) is 14.3 Å². The van der Waals surface area contributed by atoms with Gasteiger partial charge in [0.1, 0.15) is 0 Å². The first-order valence-electron chi connectivity index (χ1n) is 8.14. The summed E-state index contributed by atoms with van der Waals surface area (Å²) in [6.45, 7) is 3.47. The van der Waals surface area contributed by atoms with Crippen molar-refractivity contribution in [2.24, 2.45) is 11.8 Å². The Kier molecular flexibility index (Phi) is 4.30. The average Bonchev–Trinajstić information content (AvgIpc) is 2.86. The standard InChI is InChI=1S/C18H23NO3/c1-2-22-17(21)18-11-6-5-8-14-7-3-4-9-15(14)13-19(18)12-10-16(18)20/h3-7,9,14-15H,2,8,10-13H2,1H3/b6-5-/t14?,15?,18-/m1/s1. The normalized spacial score (nSPS) is 36.0. The molecule has 2 heterocycles. The molecule has 1 fully saturated rings. The summed E-state index contributed by atoms with van der Waals surface area (Å²) in [7, 11) is 0. The number of carbonyl (C=O) groups is 2. The van der Waals surface area contributed by atoms with Gasteiger partial charge in [-0.05, 0) is 25.2 Å². The van der Waals surface area contributed by atoms with Gasteiger partial charge in [0.25, 0.3) is 0 Å². The summed E-state index contributed by atoms with van der Waals surface area (Å²) in [6, 6.07) is 0. The van der Waals surface area contributed by atoms with Crippen molar-refractivity contribution in [3.05, 3.63) is 36.5 Å². The molecule has 3 aliphatic rings. The van der Waals surface area contributed by atoms with Crippen LogP contribution in [0.5, 0.6) is 0 Å². The van der Waals surface area contributed by atoms with E-state index in [4.69, 9.17) is 4.74 Å². The van der Waals surface area contributed by atoms with Crippen molar-refractivity contribution in [3.63, 3.8) is 0 Å². The minimum Gasteiger partial charge on any atom is -0.464 e. The van der Waals surface area contributed by atoms with Crippen LogP contribution < -0.4 is 0 Å². The maximum Gasteiger partial charge on any atom is 0.334 e. The van der Waals surface area contributed by atoms with Crippen molar-refractivity contribution in [3.8, 4) is 0 Å². The topological polar surface area (TPSA) is 46.6 Å². The van der Waals surface area contributed by atoms with Gasteiger partial charge in [0.2, 0.25) is 0 Å². The van der Waals surface area contributed by atoms with Crippen molar-refractivity contribution >= 4 is 11.8 Å². The quantitative estimate of drug-likeness (QED) is 0.446. The number of ether oxygens (including phenoxy) is 1. The Morgan fingerprint density at radius 1 is 1.32 bits per heavy atom. The lowest BCUT2D eigenvalue weighted by Crippen LogP contribution is -2.56. The second kappa shape index (κ2) is 6.21. The van der Waals surface area contributed by atoms with Crippen molar-refractivity contribution in [1.29, 1.82) is 0 Å². The average molecular weight is 301 g/mol. The molecule has 1 saturated heterocycles. The zero-order valence-electron chi connectivity index (χ0n) is 13.0. The summed E-state index contributed by atoms with van der Waals surface area (Å²) in [5.41, 5.74) is -1.10. The molecule has 0 aromatic heterocycles. The molecular weight excluding hydrogens is 278 g/mol. The molecule has 2 aliphatic heterocycles. The van der Waals surface area contributed by atoms with E-state index in [1.807, 2.05) is 6.08 Å². The van der Waals surface area contributed by atoms with Gasteiger partial charge in [-0.25, -0.2) is 4.79 Å². The first-order valence-corrected chi connectivity index (χ1v) is 8.14. The molecule has 3 atom stereocenters. The fraction of sp³-hybridized carbons (Fsp3) is 0.556. The lowest BCUT2D eigenvalue weighted by Gasteiger charge is -2.36. The molecule has 4 nitrogen and oxygen atoms in total. The van der Waals surface area contributed by atoms with Crippen molar-refractivity contribution in [2.75, 3.05) is 19.7 Å². The minimum atomic E-state index is -1.10. The van der Waals surface area contributed by atoms with Crippen LogP contribution in [0.3, 0.4) is 0 Å². The third kappa shape index (κ3) is 2.45. The third-order valence-electron chi connectivity index (χ3n) is 5.02. The first-order chi connectivity index (χ1) is 10.7. The van der Waals surface area contributed by atoms with Gasteiger partial charge in [-0.2, -0.15) is 0 Å². The van der Waals surface area contributed by atoms with Gasteiger partial charge in [-0.1, -0.05) is 36.5 Å². The van der Waals surface area contributed by atoms with Crippen LogP contribution in [0.2, 0.25) is 0 Å². The molecule has 1 aliphatic carbocycles. The smallest absolute Gasteiger partial charge is 0.334 e. The SMILES string of the molecule is CCOC(=O)[C@]12C/C=C\CC3C=CC=CC3CN1CCC2=O. The number of hydrogen-bond donors (Lipinski definition) is 0. The Balaban J connectivity index is 1.95. The molecule has 0 bridgehead atoms. The second-order valence-electron chi connectivity index (χ2n) is 6.21. The number of carbonyl (C=O) groups excluding carboxylic acids is 2. The summed E-state index contributed by atoms with van der Waals surface area (Å²) in [5.74, 6) is 0.405. The highest BCUT2D eigenvalue weighted by Crippen LogP contribution is 2.36. The van der Waals surface area contributed by atoms with Gasteiger partial charge in [0.15, 0.2) is 11.3 Å². The molecule has 3 rings (SSSR count). The van der Waals surface area contributed by atoms with E-state index in [-0.39, 0.29) is 11.8 Å². The van der Waals surface area contributed by atoms with E-state index in [0.717, 1.165) is 13.0 Å². The highest BCUT2D eigenvalue weighted by Gasteiger charge is 2.55. The van der Waals surface area contributed by atoms with Crippen LogP contribution >= 0.6 is 0 Å². The number of hydrogen-bond acceptors (Lipinski definition) is 4. The number of rotatable bonds is 2. The number of Topliss-reactive ketones (excluding diaryl/α,β-unsaturated/α-hetero) is 1. The highest BCUT2D eigenvalue weighted by molar-refractivity contribution is 6.10. The lowest BCUT2D eigenvalue weighted by molar-refractivity contribution is -0.159. The maximum atomic E-state index is 12.6. The molecule has 0 radical (unpaired) electrons. The molecule has 2 unspecified atom stereocenters. The number of ketones is 1. The number of fused-ring (bicyclic) bond motifs is 2. The summed E-state index contributed by atoms with van der Waals surface area (Å²) in [5, 5.41) is 0. The Bertz CT molecular complexity index is 549. The zero-order valence-corrected chi connectivity index (χ0v) is 13.0. The van der Waals surface area contributed by atoms with Crippen LogP contribution in [0.4, 0.5) is 0 Å². The van der Waals surface area contributed by atoms with E-state index in [1.54, 1.807) is 6.92 Å². The van der Waals surface area contributed by atoms with E-state index >= 15 is 0 Å². The molecular formula is C18H23NO3. The lowest BCUT2D eigenvalue weighted by atomic mass is 9.85. The van der Waals surface area contributed by atoms with Gasteiger partial charge in [0.05, 0.1) is 6.61 Å². The van der Waals surface area contributed by atoms with Gasteiger partial charge in [-0.3, -0.25) is 9.69 Å². The van der Waals surface area contributed by atoms with Crippen LogP contribution in [0.15, 0.2) is 36.5 Å². The molecule has 0 saturated carbocycles. The fourth-order valence-corrected chi connectivity index (χ4v) is 3.79. The predicted octanol–water partition coefficient (Wildman–Crippen LogP) is 2.27. The Hall–Kier alpha value is -1.68. The number of esters is 1. The summed E-state index contributed by atoms with van der Waals surface area (Å²) in [4.78, 5) is 27.2. The van der Waals surface area contributed by atoms with Crippen LogP contribution in [-0.4, -0.2) is 41.9 Å². The number of nitrogens with zero attached hydrogens (tertiary/aromatic N) is 1. The molecule has 0 aromatic rings. The minimum absolute atomic E-state index is 0.00406. The maximum absolute atomic E-state index is 12.6. The van der Waals surface area contributed by atoms with E-state index in [0.29, 0.717) is 37.8 Å². The summed E-state index contributed by atoms with van der Waals surface area (Å²) in [6.07, 6.45) is 14.5. The molecule has 0 N–H and O–H groups in total. The van der Waals surface area contributed by atoms with Gasteiger partial charge in [-0.15, -0.1) is 0 Å². The Morgan fingerprint density at radius 3 is 2.86 bits per heavy atom. The Morgan fingerprint density at radius 2 is 2.09 bits per heavy atom. The zero-order chi connectivity index (χ0) is 15.6. The molecule has 0 amide bonds. The fourth-order valence-electron chi connectivity index (χ4n) is 3.79. The van der Waals surface area contributed by atoms with Crippen molar-refractivity contribution < 1.29 is 14.3 Å². The summed E-state index contributed by atoms with van der Waals surface area (Å²) >= 11 is 0. The largest absolute Gasteiger partial charge is 0.464 e. The molecule has 118 valence electrons. The highest BCUT2D eigenvalue weighted by atomic mass is 16.5. The van der Waals surface area contributed by atoms with E-state index < -0.39 is 5.54 Å². The predicted molar refractivity (Wildman–Crippen MR) is 84.2 cm³/mol. The molecule has 0 aromatic carbocycles. The Labute approximate surface area is 131 Å². The van der Waals surface area contributed by atoms with Crippen LogP contribution in [0.25, 0.3) is 0 Å². The molecule has 4 heteroatoms. The summed E-state index contributed by atoms with van der Waals surface area (Å²) < 4.78 is 5.26. The number of allylic oxidation sites excluding steroid dienone is 4. The molecule has 0 spiro atoms. The van der Waals surface area contributed by atoms with E-state index in [9.17, 15) is 9.59 Å². The monoisotopic (exact) mass is 301 g/mol. The first kappa shape index (κ1) is 15.2. The van der Waals surface area contributed by atoms with Crippen LogP contribution in [0, 0.1) is 11.8 Å². The van der Waals surface area contributed by atoms with E-state index in [2.05, 4.69) is 35.3 Å². The van der Waals surface area contributed by atoms with Gasteiger partial charge in [0, 0.05) is 25.9 Å².